The van der Waals surface area contributed by atoms with Gasteiger partial charge in [-0.1, -0.05) is 0 Å². The maximum absolute atomic E-state index is 11.7. The molecule has 13 heteroatoms. The maximum atomic E-state index is 11.7. The molecule has 5 N–H and O–H groups in total. The number of aliphatic hydroxyl groups is 2. The number of phosphoric ester groups is 1. The van der Waals surface area contributed by atoms with Crippen LogP contribution >= 0.6 is 23.8 Å². The van der Waals surface area contributed by atoms with Crippen LogP contribution in [-0.2, 0) is 13.8 Å². The minimum atomic E-state index is -4.78. The first-order valence-corrected chi connectivity index (χ1v) is 8.15. The molecule has 0 aromatic carbocycles. The second kappa shape index (κ2) is 6.34. The number of aromatic nitrogens is 2. The lowest BCUT2D eigenvalue weighted by Crippen LogP contribution is -2.38. The van der Waals surface area contributed by atoms with Crippen LogP contribution in [0.25, 0.3) is 0 Å². The molecule has 2 heterocycles. The van der Waals surface area contributed by atoms with Gasteiger partial charge in [0, 0.05) is 6.20 Å². The Morgan fingerprint density at radius 2 is 2.00 bits per heavy atom. The highest BCUT2D eigenvalue weighted by Gasteiger charge is 2.45. The van der Waals surface area contributed by atoms with E-state index in [-0.39, 0.29) is 4.47 Å². The first-order chi connectivity index (χ1) is 10.1. The summed E-state index contributed by atoms with van der Waals surface area (Å²) in [6.07, 6.45) is -4.69. The summed E-state index contributed by atoms with van der Waals surface area (Å²) in [5.41, 5.74) is -1.57. The number of hydrogen-bond donors (Lipinski definition) is 5. The van der Waals surface area contributed by atoms with Gasteiger partial charge in [-0.05, 0) is 15.9 Å². The van der Waals surface area contributed by atoms with E-state index in [1.807, 2.05) is 4.98 Å². The van der Waals surface area contributed by atoms with Crippen LogP contribution in [0.2, 0.25) is 0 Å². The summed E-state index contributed by atoms with van der Waals surface area (Å²) in [4.78, 5) is 42.2. The topological polar surface area (TPSA) is 171 Å². The Morgan fingerprint density at radius 3 is 2.59 bits per heavy atom. The highest BCUT2D eigenvalue weighted by molar-refractivity contribution is 9.10. The normalized spacial score (nSPS) is 29.0. The SMILES string of the molecule is O=c1[nH]c(=O)n(C2OC(COP(=O)(O)O)C(O)C2O)cc1Br. The molecule has 11 nitrogen and oxygen atoms in total. The predicted octanol–water partition coefficient (Wildman–Crippen LogP) is -1.97. The average molecular weight is 403 g/mol. The fourth-order valence-electron chi connectivity index (χ4n) is 1.92. The lowest BCUT2D eigenvalue weighted by molar-refractivity contribution is -0.0544. The molecule has 4 atom stereocenters. The fraction of sp³-hybridized carbons (Fsp3) is 0.556. The third kappa shape index (κ3) is 3.73. The number of ether oxygens (including phenoxy) is 1. The molecule has 1 aliphatic heterocycles. The van der Waals surface area contributed by atoms with Crippen molar-refractivity contribution >= 4 is 23.8 Å². The van der Waals surface area contributed by atoms with Crippen molar-refractivity contribution in [3.63, 3.8) is 0 Å². The number of aliphatic hydroxyl groups excluding tert-OH is 2. The quantitative estimate of drug-likeness (QED) is 0.358. The Kier molecular flexibility index (Phi) is 5.04. The molecule has 4 unspecified atom stereocenters. The summed E-state index contributed by atoms with van der Waals surface area (Å²) >= 11 is 2.90. The third-order valence-electron chi connectivity index (χ3n) is 2.94. The van der Waals surface area contributed by atoms with Crippen molar-refractivity contribution in [2.75, 3.05) is 6.61 Å². The summed E-state index contributed by atoms with van der Waals surface area (Å²) in [7, 11) is -4.78. The van der Waals surface area contributed by atoms with Crippen molar-refractivity contribution in [2.24, 2.45) is 0 Å². The van der Waals surface area contributed by atoms with Crippen LogP contribution in [-0.4, -0.2) is 54.5 Å². The van der Waals surface area contributed by atoms with E-state index < -0.39 is 50.2 Å². The van der Waals surface area contributed by atoms with Gasteiger partial charge < -0.3 is 24.7 Å². The van der Waals surface area contributed by atoms with Gasteiger partial charge in [0.1, 0.15) is 18.3 Å². The number of halogens is 1. The molecular weight excluding hydrogens is 391 g/mol. The molecule has 2 rings (SSSR count). The first kappa shape index (κ1) is 17.5. The van der Waals surface area contributed by atoms with Crippen molar-refractivity contribution in [1.29, 1.82) is 0 Å². The molecular formula is C9H12BrN2O9P. The van der Waals surface area contributed by atoms with Gasteiger partial charge in [-0.25, -0.2) is 9.36 Å². The Hall–Kier alpha value is -0.850. The van der Waals surface area contributed by atoms with E-state index in [9.17, 15) is 24.4 Å². The maximum Gasteiger partial charge on any atom is 0.469 e. The summed E-state index contributed by atoms with van der Waals surface area (Å²) in [6.45, 7) is -0.696. The monoisotopic (exact) mass is 402 g/mol. The molecule has 1 aromatic heterocycles. The lowest BCUT2D eigenvalue weighted by Gasteiger charge is -2.17. The van der Waals surface area contributed by atoms with Crippen molar-refractivity contribution in [3.05, 3.63) is 31.5 Å². The van der Waals surface area contributed by atoms with E-state index in [2.05, 4.69) is 20.5 Å². The van der Waals surface area contributed by atoms with E-state index in [1.165, 1.54) is 0 Å². The number of hydrogen-bond acceptors (Lipinski definition) is 7. The van der Waals surface area contributed by atoms with Gasteiger partial charge in [0.15, 0.2) is 6.23 Å². The zero-order chi connectivity index (χ0) is 16.7. The number of phosphoric acid groups is 1. The molecule has 1 saturated heterocycles. The van der Waals surface area contributed by atoms with Crippen molar-refractivity contribution in [2.45, 2.75) is 24.5 Å². The summed E-state index contributed by atoms with van der Waals surface area (Å²) in [5, 5.41) is 19.7. The van der Waals surface area contributed by atoms with Gasteiger partial charge in [0.25, 0.3) is 5.56 Å². The zero-order valence-electron chi connectivity index (χ0n) is 10.7. The van der Waals surface area contributed by atoms with E-state index >= 15 is 0 Å². The van der Waals surface area contributed by atoms with Crippen LogP contribution in [0.4, 0.5) is 0 Å². The first-order valence-electron chi connectivity index (χ1n) is 5.83. The van der Waals surface area contributed by atoms with Crippen LogP contribution < -0.4 is 11.2 Å². The number of rotatable bonds is 4. The second-order valence-electron chi connectivity index (χ2n) is 4.48. The third-order valence-corrected chi connectivity index (χ3v) is 3.99. The molecule has 0 amide bonds. The largest absolute Gasteiger partial charge is 0.469 e. The zero-order valence-corrected chi connectivity index (χ0v) is 13.2. The van der Waals surface area contributed by atoms with Gasteiger partial charge in [0.2, 0.25) is 0 Å². The Labute approximate surface area is 130 Å². The minimum absolute atomic E-state index is 0.00712. The summed E-state index contributed by atoms with van der Waals surface area (Å²) in [5.74, 6) is 0. The van der Waals surface area contributed by atoms with Crippen LogP contribution in [0, 0.1) is 0 Å². The van der Waals surface area contributed by atoms with E-state index in [1.54, 1.807) is 0 Å². The molecule has 0 radical (unpaired) electrons. The van der Waals surface area contributed by atoms with E-state index in [0.717, 1.165) is 10.8 Å². The van der Waals surface area contributed by atoms with Crippen molar-refractivity contribution < 1.29 is 33.8 Å². The Balaban J connectivity index is 2.23. The molecule has 1 aliphatic rings. The molecule has 124 valence electrons. The lowest BCUT2D eigenvalue weighted by atomic mass is 10.1. The summed E-state index contributed by atoms with van der Waals surface area (Å²) < 4.78 is 20.9. The van der Waals surface area contributed by atoms with Crippen LogP contribution in [0.3, 0.4) is 0 Å². The molecule has 0 spiro atoms. The van der Waals surface area contributed by atoms with Gasteiger partial charge in [-0.15, -0.1) is 0 Å². The second-order valence-corrected chi connectivity index (χ2v) is 6.57. The van der Waals surface area contributed by atoms with Gasteiger partial charge in [-0.2, -0.15) is 0 Å². The Bertz CT molecular complexity index is 712. The standard InChI is InChI=1S/C9H12BrN2O9P/c10-3-1-12(9(16)11-7(3)15)8-6(14)5(13)4(21-8)2-20-22(17,18)19/h1,4-6,8,13-14H,2H2,(H,11,15,16)(H2,17,18,19). The molecule has 1 fully saturated rings. The van der Waals surface area contributed by atoms with Gasteiger partial charge in [-0.3, -0.25) is 18.9 Å². The highest BCUT2D eigenvalue weighted by Crippen LogP contribution is 2.38. The van der Waals surface area contributed by atoms with Crippen molar-refractivity contribution in [3.8, 4) is 0 Å². The van der Waals surface area contributed by atoms with Crippen molar-refractivity contribution in [1.82, 2.24) is 9.55 Å². The molecule has 0 bridgehead atoms. The minimum Gasteiger partial charge on any atom is -0.387 e. The van der Waals surface area contributed by atoms with Gasteiger partial charge in [0.05, 0.1) is 11.1 Å². The van der Waals surface area contributed by atoms with E-state index in [0.29, 0.717) is 0 Å². The number of aromatic amines is 1. The smallest absolute Gasteiger partial charge is 0.387 e. The predicted molar refractivity (Wildman–Crippen MR) is 72.9 cm³/mol. The highest BCUT2D eigenvalue weighted by atomic mass is 79.9. The molecule has 22 heavy (non-hydrogen) atoms. The van der Waals surface area contributed by atoms with Gasteiger partial charge >= 0.3 is 13.5 Å². The number of H-pyrrole nitrogens is 1. The fourth-order valence-corrected chi connectivity index (χ4v) is 2.58. The van der Waals surface area contributed by atoms with E-state index in [4.69, 9.17) is 14.5 Å². The molecule has 0 saturated carbocycles. The van der Waals surface area contributed by atoms with Crippen LogP contribution in [0.5, 0.6) is 0 Å². The number of nitrogens with one attached hydrogen (secondary N) is 1. The molecule has 1 aromatic rings. The van der Waals surface area contributed by atoms with Crippen LogP contribution in [0.15, 0.2) is 20.3 Å². The molecule has 0 aliphatic carbocycles. The Morgan fingerprint density at radius 1 is 1.36 bits per heavy atom. The van der Waals surface area contributed by atoms with Crippen LogP contribution in [0.1, 0.15) is 6.23 Å². The average Bonchev–Trinajstić information content (AvgIpc) is 2.68. The number of nitrogens with zero attached hydrogens (tertiary/aromatic N) is 1. The summed E-state index contributed by atoms with van der Waals surface area (Å²) in [6, 6.07) is 0.